The van der Waals surface area contributed by atoms with Gasteiger partial charge in [0.25, 0.3) is 0 Å². The van der Waals surface area contributed by atoms with Crippen LogP contribution in [-0.4, -0.2) is 62.3 Å². The quantitative estimate of drug-likeness (QED) is 0.462. The van der Waals surface area contributed by atoms with Crippen molar-refractivity contribution in [2.75, 3.05) is 61.3 Å². The second-order valence-corrected chi connectivity index (χ2v) is 8.96. The Labute approximate surface area is 208 Å². The Balaban J connectivity index is 1.26. The van der Waals surface area contributed by atoms with Crippen LogP contribution in [0.1, 0.15) is 0 Å². The SMILES string of the molecule is COc1ccc(NC(=O)CSc2ccc(N3CCN(c4ccccc4OC)CC3)nn2)cc1Cl. The molecule has 10 heteroatoms. The molecule has 1 N–H and O–H groups in total. The van der Waals surface area contributed by atoms with Crippen LogP contribution in [-0.2, 0) is 4.79 Å². The standard InChI is InChI=1S/C24H26ClN5O3S/c1-32-20-8-7-17(15-18(20)25)26-23(31)16-34-24-10-9-22(27-28-24)30-13-11-29(12-14-30)19-5-3-4-6-21(19)33-2/h3-10,15H,11-14,16H2,1-2H3,(H,26,31). The summed E-state index contributed by atoms with van der Waals surface area (Å²) in [5.41, 5.74) is 1.72. The molecule has 0 bridgehead atoms. The minimum atomic E-state index is -0.149. The van der Waals surface area contributed by atoms with E-state index in [1.807, 2.05) is 30.3 Å². The largest absolute Gasteiger partial charge is 0.495 e. The molecular weight excluding hydrogens is 474 g/mol. The number of methoxy groups -OCH3 is 2. The molecular formula is C24H26ClN5O3S. The fraction of sp³-hybridized carbons (Fsp3) is 0.292. The summed E-state index contributed by atoms with van der Waals surface area (Å²) in [4.78, 5) is 16.8. The van der Waals surface area contributed by atoms with E-state index in [0.29, 0.717) is 21.5 Å². The highest BCUT2D eigenvalue weighted by Gasteiger charge is 2.20. The van der Waals surface area contributed by atoms with Gasteiger partial charge < -0.3 is 24.6 Å². The number of rotatable bonds is 8. The number of hydrogen-bond donors (Lipinski definition) is 1. The van der Waals surface area contributed by atoms with E-state index in [1.165, 1.54) is 11.8 Å². The molecule has 0 aliphatic carbocycles. The average Bonchev–Trinajstić information content (AvgIpc) is 2.88. The van der Waals surface area contributed by atoms with Gasteiger partial charge in [-0.3, -0.25) is 4.79 Å². The van der Waals surface area contributed by atoms with Crippen LogP contribution in [0.25, 0.3) is 0 Å². The van der Waals surface area contributed by atoms with Gasteiger partial charge in [0.1, 0.15) is 16.5 Å². The number of halogens is 1. The number of aromatic nitrogens is 2. The number of piperazine rings is 1. The molecule has 0 atom stereocenters. The zero-order valence-corrected chi connectivity index (χ0v) is 20.6. The summed E-state index contributed by atoms with van der Waals surface area (Å²) in [5.74, 6) is 2.35. The molecule has 0 radical (unpaired) electrons. The number of nitrogens with zero attached hydrogens (tertiary/aromatic N) is 4. The second-order valence-electron chi connectivity index (χ2n) is 7.56. The van der Waals surface area contributed by atoms with Crippen LogP contribution in [0.2, 0.25) is 5.02 Å². The fourth-order valence-corrected chi connectivity index (χ4v) is 4.58. The number of carbonyl (C=O) groups excluding carboxylic acids is 1. The molecule has 34 heavy (non-hydrogen) atoms. The molecule has 0 spiro atoms. The van der Waals surface area contributed by atoms with Crippen molar-refractivity contribution in [1.29, 1.82) is 0 Å². The fourth-order valence-electron chi connectivity index (χ4n) is 3.71. The lowest BCUT2D eigenvalue weighted by atomic mass is 10.2. The summed E-state index contributed by atoms with van der Waals surface area (Å²) in [6, 6.07) is 17.0. The van der Waals surface area contributed by atoms with Crippen molar-refractivity contribution in [2.24, 2.45) is 0 Å². The Bertz CT molecular complexity index is 1120. The Hall–Kier alpha value is -3.17. The minimum Gasteiger partial charge on any atom is -0.495 e. The van der Waals surface area contributed by atoms with Crippen molar-refractivity contribution in [1.82, 2.24) is 10.2 Å². The van der Waals surface area contributed by atoms with Crippen LogP contribution >= 0.6 is 23.4 Å². The third-order valence-electron chi connectivity index (χ3n) is 5.44. The molecule has 3 aromatic rings. The van der Waals surface area contributed by atoms with Gasteiger partial charge in [-0.15, -0.1) is 10.2 Å². The van der Waals surface area contributed by atoms with E-state index in [1.54, 1.807) is 32.4 Å². The highest BCUT2D eigenvalue weighted by atomic mass is 35.5. The first kappa shape index (κ1) is 24.0. The van der Waals surface area contributed by atoms with Crippen LogP contribution in [0, 0.1) is 0 Å². The van der Waals surface area contributed by atoms with Crippen molar-refractivity contribution in [2.45, 2.75) is 5.03 Å². The third-order valence-corrected chi connectivity index (χ3v) is 6.66. The number of benzene rings is 2. The highest BCUT2D eigenvalue weighted by Crippen LogP contribution is 2.29. The number of amides is 1. The maximum atomic E-state index is 12.3. The van der Waals surface area contributed by atoms with Crippen molar-refractivity contribution < 1.29 is 14.3 Å². The lowest BCUT2D eigenvalue weighted by Gasteiger charge is -2.37. The van der Waals surface area contributed by atoms with Gasteiger partial charge in [-0.05, 0) is 42.5 Å². The molecule has 1 aliphatic rings. The number of hydrogen-bond acceptors (Lipinski definition) is 8. The minimum absolute atomic E-state index is 0.149. The summed E-state index contributed by atoms with van der Waals surface area (Å²) in [5, 5.41) is 12.6. The van der Waals surface area contributed by atoms with E-state index in [9.17, 15) is 4.79 Å². The molecule has 1 amide bonds. The van der Waals surface area contributed by atoms with E-state index in [-0.39, 0.29) is 11.7 Å². The van der Waals surface area contributed by atoms with Crippen LogP contribution in [0.5, 0.6) is 11.5 Å². The normalized spacial score (nSPS) is 13.5. The second kappa shape index (κ2) is 11.3. The van der Waals surface area contributed by atoms with Gasteiger partial charge in [0.05, 0.1) is 30.7 Å². The van der Waals surface area contributed by atoms with E-state index < -0.39 is 0 Å². The maximum Gasteiger partial charge on any atom is 0.234 e. The van der Waals surface area contributed by atoms with Gasteiger partial charge in [0.2, 0.25) is 5.91 Å². The van der Waals surface area contributed by atoms with Crippen LogP contribution < -0.4 is 24.6 Å². The molecule has 8 nitrogen and oxygen atoms in total. The van der Waals surface area contributed by atoms with Crippen molar-refractivity contribution in [3.63, 3.8) is 0 Å². The van der Waals surface area contributed by atoms with E-state index in [4.69, 9.17) is 21.1 Å². The molecule has 0 unspecified atom stereocenters. The molecule has 178 valence electrons. The van der Waals surface area contributed by atoms with Gasteiger partial charge in [0.15, 0.2) is 5.82 Å². The Morgan fingerprint density at radius 1 is 0.971 bits per heavy atom. The van der Waals surface area contributed by atoms with Gasteiger partial charge in [-0.1, -0.05) is 35.5 Å². The number of carbonyl (C=O) groups is 1. The number of para-hydroxylation sites is 2. The van der Waals surface area contributed by atoms with Crippen molar-refractivity contribution in [3.8, 4) is 11.5 Å². The number of thioether (sulfide) groups is 1. The summed E-state index contributed by atoms with van der Waals surface area (Å²) in [6.45, 7) is 3.42. The first-order valence-electron chi connectivity index (χ1n) is 10.8. The highest BCUT2D eigenvalue weighted by molar-refractivity contribution is 7.99. The third kappa shape index (κ3) is 5.84. The zero-order chi connectivity index (χ0) is 23.9. The molecule has 2 heterocycles. The van der Waals surface area contributed by atoms with E-state index in [0.717, 1.165) is 43.4 Å². The monoisotopic (exact) mass is 499 g/mol. The van der Waals surface area contributed by atoms with Gasteiger partial charge in [0, 0.05) is 31.9 Å². The molecule has 1 aliphatic heterocycles. The summed E-state index contributed by atoms with van der Waals surface area (Å²) >= 11 is 7.44. The van der Waals surface area contributed by atoms with Gasteiger partial charge in [-0.25, -0.2) is 0 Å². The van der Waals surface area contributed by atoms with E-state index in [2.05, 4.69) is 31.4 Å². The maximum absolute atomic E-state index is 12.3. The predicted octanol–water partition coefficient (Wildman–Crippen LogP) is 4.20. The number of nitrogens with one attached hydrogen (secondary N) is 1. The molecule has 2 aromatic carbocycles. The molecule has 1 aromatic heterocycles. The van der Waals surface area contributed by atoms with Crippen LogP contribution in [0.4, 0.5) is 17.2 Å². The lowest BCUT2D eigenvalue weighted by molar-refractivity contribution is -0.113. The Morgan fingerprint density at radius 3 is 2.38 bits per heavy atom. The number of ether oxygens (including phenoxy) is 2. The first-order valence-corrected chi connectivity index (χ1v) is 12.2. The van der Waals surface area contributed by atoms with Crippen LogP contribution in [0.15, 0.2) is 59.6 Å². The lowest BCUT2D eigenvalue weighted by Crippen LogP contribution is -2.47. The molecule has 4 rings (SSSR count). The summed E-state index contributed by atoms with van der Waals surface area (Å²) < 4.78 is 10.6. The average molecular weight is 500 g/mol. The molecule has 1 fully saturated rings. The first-order chi connectivity index (χ1) is 16.6. The van der Waals surface area contributed by atoms with E-state index >= 15 is 0 Å². The van der Waals surface area contributed by atoms with Crippen molar-refractivity contribution >= 4 is 46.5 Å². The molecule has 0 saturated carbocycles. The summed E-state index contributed by atoms with van der Waals surface area (Å²) in [7, 11) is 3.24. The number of anilines is 3. The topological polar surface area (TPSA) is 79.8 Å². The van der Waals surface area contributed by atoms with Crippen LogP contribution in [0.3, 0.4) is 0 Å². The Kier molecular flexibility index (Phi) is 7.97. The zero-order valence-electron chi connectivity index (χ0n) is 19.0. The predicted molar refractivity (Wildman–Crippen MR) is 137 cm³/mol. The van der Waals surface area contributed by atoms with Gasteiger partial charge in [-0.2, -0.15) is 0 Å². The smallest absolute Gasteiger partial charge is 0.234 e. The molecule has 1 saturated heterocycles. The Morgan fingerprint density at radius 2 is 1.71 bits per heavy atom. The summed E-state index contributed by atoms with van der Waals surface area (Å²) in [6.07, 6.45) is 0. The van der Waals surface area contributed by atoms with Crippen molar-refractivity contribution in [3.05, 3.63) is 59.6 Å². The van der Waals surface area contributed by atoms with Gasteiger partial charge >= 0.3 is 0 Å².